The molecule has 3 heteroatoms. The van der Waals surface area contributed by atoms with E-state index < -0.39 is 10.8 Å². The molecule has 2 nitrogen and oxygen atoms in total. The minimum atomic E-state index is -0.703. The van der Waals surface area contributed by atoms with Gasteiger partial charge in [0.25, 0.3) is 0 Å². The molecule has 0 radical (unpaired) electrons. The normalized spacial score (nSPS) is 12.4. The van der Waals surface area contributed by atoms with E-state index in [-0.39, 0.29) is 0 Å². The van der Waals surface area contributed by atoms with Crippen LogP contribution in [-0.4, -0.2) is 22.8 Å². The van der Waals surface area contributed by atoms with Gasteiger partial charge in [0.05, 0.1) is 6.61 Å². The van der Waals surface area contributed by atoms with Gasteiger partial charge in [-0.05, 0) is 18.6 Å². The van der Waals surface area contributed by atoms with E-state index >= 15 is 0 Å². The Balaban J connectivity index is 2.17. The molecule has 0 aromatic heterocycles. The molecular weight excluding hydrogens is 184 g/mol. The van der Waals surface area contributed by atoms with Gasteiger partial charge >= 0.3 is 0 Å². The van der Waals surface area contributed by atoms with Crippen LogP contribution in [0.3, 0.4) is 0 Å². The van der Waals surface area contributed by atoms with Crippen LogP contribution in [0.15, 0.2) is 30.3 Å². The standard InChI is InChI=1S/C10H14O2S/c1-13(11)9-5-8-12-10-6-3-2-4-7-10/h2-4,6-7H,5,8-9H2,1H3. The molecule has 0 N–H and O–H groups in total. The number of hydrogen-bond acceptors (Lipinski definition) is 2. The van der Waals surface area contributed by atoms with Crippen molar-refractivity contribution in [3.05, 3.63) is 30.3 Å². The van der Waals surface area contributed by atoms with Crippen LogP contribution in [0.2, 0.25) is 0 Å². The largest absolute Gasteiger partial charge is 0.494 e. The highest BCUT2D eigenvalue weighted by atomic mass is 32.2. The first-order valence-electron chi connectivity index (χ1n) is 4.27. The van der Waals surface area contributed by atoms with Crippen LogP contribution in [0.4, 0.5) is 0 Å². The van der Waals surface area contributed by atoms with Gasteiger partial charge in [0.1, 0.15) is 5.75 Å². The Morgan fingerprint density at radius 2 is 2.00 bits per heavy atom. The number of para-hydroxylation sites is 1. The predicted octanol–water partition coefficient (Wildman–Crippen LogP) is 1.83. The van der Waals surface area contributed by atoms with E-state index in [4.69, 9.17) is 4.74 Å². The molecule has 0 fully saturated rings. The lowest BCUT2D eigenvalue weighted by molar-refractivity contribution is 0.318. The lowest BCUT2D eigenvalue weighted by atomic mass is 10.3. The molecule has 0 aliphatic heterocycles. The summed E-state index contributed by atoms with van der Waals surface area (Å²) in [7, 11) is -0.703. The summed E-state index contributed by atoms with van der Waals surface area (Å²) in [5.41, 5.74) is 0. The van der Waals surface area contributed by atoms with Gasteiger partial charge in [0.15, 0.2) is 0 Å². The summed E-state index contributed by atoms with van der Waals surface area (Å²) in [5, 5.41) is 0. The van der Waals surface area contributed by atoms with Crippen molar-refractivity contribution in [2.75, 3.05) is 18.6 Å². The molecule has 0 saturated carbocycles. The van der Waals surface area contributed by atoms with Crippen LogP contribution in [0.1, 0.15) is 6.42 Å². The Kier molecular flexibility index (Phi) is 4.54. The number of benzene rings is 1. The molecule has 0 spiro atoms. The third kappa shape index (κ3) is 4.68. The summed E-state index contributed by atoms with van der Waals surface area (Å²) >= 11 is 0. The predicted molar refractivity (Wildman–Crippen MR) is 55.5 cm³/mol. The van der Waals surface area contributed by atoms with E-state index in [1.54, 1.807) is 6.26 Å². The van der Waals surface area contributed by atoms with Gasteiger partial charge in [0.2, 0.25) is 0 Å². The zero-order chi connectivity index (χ0) is 9.52. The monoisotopic (exact) mass is 198 g/mol. The van der Waals surface area contributed by atoms with Crippen molar-refractivity contribution in [1.82, 2.24) is 0 Å². The number of ether oxygens (including phenoxy) is 1. The fourth-order valence-electron chi connectivity index (χ4n) is 0.969. The Labute approximate surface area is 81.4 Å². The molecular formula is C10H14O2S. The average Bonchev–Trinajstić information content (AvgIpc) is 2.14. The molecule has 1 aromatic carbocycles. The Bertz CT molecular complexity index is 259. The zero-order valence-electron chi connectivity index (χ0n) is 7.73. The Morgan fingerprint density at radius 3 is 2.62 bits per heavy atom. The van der Waals surface area contributed by atoms with Crippen LogP contribution in [0, 0.1) is 0 Å². The molecule has 1 unspecified atom stereocenters. The summed E-state index contributed by atoms with van der Waals surface area (Å²) in [6.07, 6.45) is 2.56. The first-order valence-corrected chi connectivity index (χ1v) is 5.99. The average molecular weight is 198 g/mol. The van der Waals surface area contributed by atoms with Gasteiger partial charge in [-0.25, -0.2) is 0 Å². The lowest BCUT2D eigenvalue weighted by Gasteiger charge is -2.04. The number of rotatable bonds is 5. The molecule has 0 aliphatic rings. The van der Waals surface area contributed by atoms with E-state index in [0.717, 1.165) is 12.2 Å². The van der Waals surface area contributed by atoms with Crippen molar-refractivity contribution in [3.63, 3.8) is 0 Å². The van der Waals surface area contributed by atoms with Crippen LogP contribution >= 0.6 is 0 Å². The third-order valence-electron chi connectivity index (χ3n) is 1.59. The molecule has 1 rings (SSSR count). The fourth-order valence-corrected chi connectivity index (χ4v) is 1.49. The second kappa shape index (κ2) is 5.75. The minimum Gasteiger partial charge on any atom is -0.494 e. The van der Waals surface area contributed by atoms with Gasteiger partial charge in [-0.15, -0.1) is 0 Å². The van der Waals surface area contributed by atoms with Gasteiger partial charge < -0.3 is 4.74 Å². The maximum absolute atomic E-state index is 10.7. The van der Waals surface area contributed by atoms with Gasteiger partial charge in [-0.1, -0.05) is 18.2 Å². The van der Waals surface area contributed by atoms with E-state index in [1.165, 1.54) is 0 Å². The molecule has 72 valence electrons. The molecule has 0 saturated heterocycles. The first kappa shape index (κ1) is 10.3. The maximum atomic E-state index is 10.7. The van der Waals surface area contributed by atoms with E-state index in [9.17, 15) is 4.21 Å². The maximum Gasteiger partial charge on any atom is 0.119 e. The highest BCUT2D eigenvalue weighted by Gasteiger charge is 1.93. The van der Waals surface area contributed by atoms with Crippen molar-refractivity contribution >= 4 is 10.8 Å². The summed E-state index contributed by atoms with van der Waals surface area (Å²) in [5.74, 6) is 1.59. The van der Waals surface area contributed by atoms with Crippen molar-refractivity contribution in [3.8, 4) is 5.75 Å². The van der Waals surface area contributed by atoms with E-state index in [2.05, 4.69) is 0 Å². The number of hydrogen-bond donors (Lipinski definition) is 0. The second-order valence-electron chi connectivity index (χ2n) is 2.79. The van der Waals surface area contributed by atoms with Crippen molar-refractivity contribution < 1.29 is 8.95 Å². The SMILES string of the molecule is CS(=O)CCCOc1ccccc1. The van der Waals surface area contributed by atoms with Crippen LogP contribution < -0.4 is 4.74 Å². The second-order valence-corrected chi connectivity index (χ2v) is 4.35. The molecule has 0 aliphatic carbocycles. The minimum absolute atomic E-state index is 0.642. The highest BCUT2D eigenvalue weighted by Crippen LogP contribution is 2.08. The Morgan fingerprint density at radius 1 is 1.31 bits per heavy atom. The van der Waals surface area contributed by atoms with E-state index in [1.807, 2.05) is 30.3 Å². The zero-order valence-corrected chi connectivity index (χ0v) is 8.55. The van der Waals surface area contributed by atoms with Gasteiger partial charge in [-0.2, -0.15) is 0 Å². The molecule has 1 atom stereocenters. The summed E-state index contributed by atoms with van der Waals surface area (Å²) in [6.45, 7) is 0.642. The van der Waals surface area contributed by atoms with Crippen LogP contribution in [0.5, 0.6) is 5.75 Å². The Hall–Kier alpha value is -0.830. The third-order valence-corrected chi connectivity index (χ3v) is 2.45. The van der Waals surface area contributed by atoms with Gasteiger partial charge in [0, 0.05) is 22.8 Å². The van der Waals surface area contributed by atoms with Crippen molar-refractivity contribution in [1.29, 1.82) is 0 Å². The molecule has 13 heavy (non-hydrogen) atoms. The fraction of sp³-hybridized carbons (Fsp3) is 0.400. The summed E-state index contributed by atoms with van der Waals surface area (Å²) < 4.78 is 16.1. The van der Waals surface area contributed by atoms with Crippen LogP contribution in [-0.2, 0) is 10.8 Å². The smallest absolute Gasteiger partial charge is 0.119 e. The quantitative estimate of drug-likeness (QED) is 0.675. The topological polar surface area (TPSA) is 26.3 Å². The summed E-state index contributed by atoms with van der Waals surface area (Å²) in [6, 6.07) is 9.67. The molecule has 1 aromatic rings. The van der Waals surface area contributed by atoms with Crippen molar-refractivity contribution in [2.45, 2.75) is 6.42 Å². The van der Waals surface area contributed by atoms with Crippen molar-refractivity contribution in [2.24, 2.45) is 0 Å². The molecule has 0 bridgehead atoms. The van der Waals surface area contributed by atoms with Gasteiger partial charge in [-0.3, -0.25) is 4.21 Å². The summed E-state index contributed by atoms with van der Waals surface area (Å²) in [4.78, 5) is 0. The lowest BCUT2D eigenvalue weighted by Crippen LogP contribution is -2.02. The molecule has 0 amide bonds. The highest BCUT2D eigenvalue weighted by molar-refractivity contribution is 7.84. The molecule has 0 heterocycles. The van der Waals surface area contributed by atoms with Crippen LogP contribution in [0.25, 0.3) is 0 Å². The van der Waals surface area contributed by atoms with E-state index in [0.29, 0.717) is 12.4 Å². The first-order chi connectivity index (χ1) is 6.29.